The van der Waals surface area contributed by atoms with Gasteiger partial charge in [-0.1, -0.05) is 0 Å². The van der Waals surface area contributed by atoms with E-state index in [-0.39, 0.29) is 11.1 Å². The Hall–Kier alpha value is -3.57. The third kappa shape index (κ3) is 5.75. The van der Waals surface area contributed by atoms with E-state index in [9.17, 15) is 14.0 Å². The molecular weight excluding hydrogens is 471 g/mol. The van der Waals surface area contributed by atoms with Crippen molar-refractivity contribution in [2.45, 2.75) is 19.4 Å². The lowest BCUT2D eigenvalue weighted by atomic mass is 9.97. The fourth-order valence-corrected chi connectivity index (χ4v) is 4.75. The number of nitrogens with zero attached hydrogens (tertiary/aromatic N) is 4. The van der Waals surface area contributed by atoms with E-state index in [0.717, 1.165) is 44.2 Å². The van der Waals surface area contributed by atoms with Crippen LogP contribution >= 0.6 is 11.8 Å². The highest BCUT2D eigenvalue weighted by molar-refractivity contribution is 8.18. The van der Waals surface area contributed by atoms with Crippen LogP contribution < -0.4 is 15.5 Å². The predicted octanol–water partition coefficient (Wildman–Crippen LogP) is 3.60. The van der Waals surface area contributed by atoms with Crippen molar-refractivity contribution >= 4 is 34.9 Å². The third-order valence-corrected chi connectivity index (χ3v) is 6.65. The van der Waals surface area contributed by atoms with Crippen LogP contribution in [0.25, 0.3) is 17.5 Å². The molecule has 0 aliphatic carbocycles. The topological polar surface area (TPSA) is 113 Å². The zero-order valence-corrected chi connectivity index (χ0v) is 19.6. The summed E-state index contributed by atoms with van der Waals surface area (Å²) >= 11 is 0.868. The van der Waals surface area contributed by atoms with E-state index in [1.807, 2.05) is 0 Å². The lowest BCUT2D eigenvalue weighted by molar-refractivity contribution is -0.115. The first-order valence-corrected chi connectivity index (χ1v) is 12.1. The summed E-state index contributed by atoms with van der Waals surface area (Å²) in [7, 11) is 0. The fraction of sp³-hybridized carbons (Fsp3) is 0.292. The molecule has 0 bridgehead atoms. The molecule has 0 unspecified atom stereocenters. The maximum absolute atomic E-state index is 14.0. The van der Waals surface area contributed by atoms with E-state index in [2.05, 4.69) is 30.5 Å². The number of rotatable bonds is 7. The summed E-state index contributed by atoms with van der Waals surface area (Å²) in [6.45, 7) is 2.89. The van der Waals surface area contributed by atoms with Crippen LogP contribution in [0.5, 0.6) is 0 Å². The number of pyridine rings is 1. The SMILES string of the molecule is O=C1NC(=O)/C(=C\c2ccnc(N3CCC(CNCc4cc(F)cc(-c5ccco5)n4)CC3)n2)S1. The fourth-order valence-electron chi connectivity index (χ4n) is 4.08. The summed E-state index contributed by atoms with van der Waals surface area (Å²) < 4.78 is 19.3. The molecule has 0 spiro atoms. The molecule has 3 aromatic rings. The van der Waals surface area contributed by atoms with E-state index in [0.29, 0.717) is 46.2 Å². The van der Waals surface area contributed by atoms with Gasteiger partial charge in [0.05, 0.1) is 22.6 Å². The highest BCUT2D eigenvalue weighted by atomic mass is 32.2. The van der Waals surface area contributed by atoms with Gasteiger partial charge in [0.25, 0.3) is 11.1 Å². The quantitative estimate of drug-likeness (QED) is 0.476. The van der Waals surface area contributed by atoms with Crippen molar-refractivity contribution in [1.29, 1.82) is 0 Å². The minimum absolute atomic E-state index is 0.327. The van der Waals surface area contributed by atoms with Crippen LogP contribution in [0.15, 0.2) is 52.1 Å². The maximum atomic E-state index is 14.0. The van der Waals surface area contributed by atoms with Crippen LogP contribution in [0.3, 0.4) is 0 Å². The number of hydrogen-bond acceptors (Lipinski definition) is 9. The van der Waals surface area contributed by atoms with E-state index in [1.165, 1.54) is 12.1 Å². The van der Waals surface area contributed by atoms with Crippen LogP contribution in [0.4, 0.5) is 15.1 Å². The zero-order chi connectivity index (χ0) is 24.2. The van der Waals surface area contributed by atoms with E-state index in [4.69, 9.17) is 4.42 Å². The molecule has 2 aliphatic heterocycles. The first-order valence-electron chi connectivity index (χ1n) is 11.3. The lowest BCUT2D eigenvalue weighted by Crippen LogP contribution is -2.38. The Bertz CT molecular complexity index is 1260. The Morgan fingerprint density at radius 3 is 2.83 bits per heavy atom. The van der Waals surface area contributed by atoms with Crippen molar-refractivity contribution in [3.63, 3.8) is 0 Å². The Morgan fingerprint density at radius 2 is 2.09 bits per heavy atom. The Kier molecular flexibility index (Phi) is 6.87. The molecule has 5 heterocycles. The lowest BCUT2D eigenvalue weighted by Gasteiger charge is -2.32. The van der Waals surface area contributed by atoms with Gasteiger partial charge in [-0.2, -0.15) is 0 Å². The first kappa shape index (κ1) is 23.2. The summed E-state index contributed by atoms with van der Waals surface area (Å²) in [5.41, 5.74) is 1.70. The molecule has 0 atom stereocenters. The number of nitrogens with one attached hydrogen (secondary N) is 2. The molecule has 0 radical (unpaired) electrons. The third-order valence-electron chi connectivity index (χ3n) is 5.84. The van der Waals surface area contributed by atoms with E-state index >= 15 is 0 Å². The smallest absolute Gasteiger partial charge is 0.290 e. The number of halogens is 1. The molecule has 9 nitrogen and oxygen atoms in total. The molecule has 2 amide bonds. The van der Waals surface area contributed by atoms with Gasteiger partial charge in [-0.15, -0.1) is 0 Å². The minimum Gasteiger partial charge on any atom is -0.463 e. The molecular formula is C24H23FN6O3S. The second-order valence-electron chi connectivity index (χ2n) is 8.33. The van der Waals surface area contributed by atoms with Crippen LogP contribution in [0, 0.1) is 11.7 Å². The molecule has 180 valence electrons. The van der Waals surface area contributed by atoms with Gasteiger partial charge in [0, 0.05) is 31.9 Å². The normalized spacial score (nSPS) is 17.9. The average molecular weight is 495 g/mol. The first-order chi connectivity index (χ1) is 17.0. The number of imide groups is 1. The van der Waals surface area contributed by atoms with E-state index in [1.54, 1.807) is 36.7 Å². The van der Waals surface area contributed by atoms with Crippen LogP contribution in [-0.2, 0) is 11.3 Å². The monoisotopic (exact) mass is 494 g/mol. The van der Waals surface area contributed by atoms with Crippen molar-refractivity contribution in [3.8, 4) is 11.5 Å². The molecule has 2 fully saturated rings. The predicted molar refractivity (Wildman–Crippen MR) is 130 cm³/mol. The van der Waals surface area contributed by atoms with Crippen LogP contribution in [-0.4, -0.2) is 45.7 Å². The van der Waals surface area contributed by atoms with Gasteiger partial charge in [0.15, 0.2) is 5.76 Å². The maximum Gasteiger partial charge on any atom is 0.290 e. The van der Waals surface area contributed by atoms with Gasteiger partial charge in [-0.3, -0.25) is 14.9 Å². The Labute approximate surface area is 205 Å². The summed E-state index contributed by atoms with van der Waals surface area (Å²) in [4.78, 5) is 39.0. The number of carbonyl (C=O) groups excluding carboxylic acids is 2. The minimum atomic E-state index is -0.404. The molecule has 2 aliphatic rings. The number of piperidine rings is 1. The van der Waals surface area contributed by atoms with Gasteiger partial charge in [0.1, 0.15) is 11.5 Å². The van der Waals surface area contributed by atoms with Gasteiger partial charge in [-0.05, 0) is 67.4 Å². The second kappa shape index (κ2) is 10.4. The molecule has 11 heteroatoms. The average Bonchev–Trinajstić information content (AvgIpc) is 3.49. The number of carbonyl (C=O) groups is 2. The van der Waals surface area contributed by atoms with Crippen molar-refractivity contribution in [1.82, 2.24) is 25.6 Å². The van der Waals surface area contributed by atoms with Crippen molar-refractivity contribution in [2.24, 2.45) is 5.92 Å². The molecule has 2 N–H and O–H groups in total. The van der Waals surface area contributed by atoms with Gasteiger partial charge in [0.2, 0.25) is 5.95 Å². The highest BCUT2D eigenvalue weighted by Gasteiger charge is 2.25. The Morgan fingerprint density at radius 1 is 1.23 bits per heavy atom. The molecule has 35 heavy (non-hydrogen) atoms. The number of hydrogen-bond donors (Lipinski definition) is 2. The van der Waals surface area contributed by atoms with Crippen molar-refractivity contribution in [3.05, 3.63) is 64.9 Å². The Balaban J connectivity index is 1.12. The molecule has 5 rings (SSSR count). The molecule has 0 aromatic carbocycles. The van der Waals surface area contributed by atoms with Crippen molar-refractivity contribution in [2.75, 3.05) is 24.5 Å². The van der Waals surface area contributed by atoms with E-state index < -0.39 is 5.91 Å². The highest BCUT2D eigenvalue weighted by Crippen LogP contribution is 2.26. The van der Waals surface area contributed by atoms with Gasteiger partial charge < -0.3 is 14.6 Å². The molecule has 2 saturated heterocycles. The number of anilines is 1. The number of thioether (sulfide) groups is 1. The molecule has 0 saturated carbocycles. The number of aromatic nitrogens is 3. The molecule has 3 aromatic heterocycles. The van der Waals surface area contributed by atoms with Gasteiger partial charge in [-0.25, -0.2) is 19.3 Å². The summed E-state index contributed by atoms with van der Waals surface area (Å²) in [5.74, 6) is 0.876. The van der Waals surface area contributed by atoms with Gasteiger partial charge >= 0.3 is 0 Å². The summed E-state index contributed by atoms with van der Waals surface area (Å²) in [6, 6.07) is 8.02. The zero-order valence-electron chi connectivity index (χ0n) is 18.7. The summed E-state index contributed by atoms with van der Waals surface area (Å²) in [5, 5.41) is 5.26. The summed E-state index contributed by atoms with van der Waals surface area (Å²) in [6.07, 6.45) is 6.72. The van der Waals surface area contributed by atoms with Crippen LogP contribution in [0.1, 0.15) is 24.2 Å². The standard InChI is InChI=1S/C24H23FN6O3S/c25-16-10-18(28-19(11-16)20-2-1-9-34-20)14-26-13-15-4-7-31(8-5-15)23-27-6-3-17(29-23)12-21-22(32)30-24(33)35-21/h1-3,6,9-12,15,26H,4-5,7-8,13-14H2,(H,30,32,33)/b21-12+. The van der Waals surface area contributed by atoms with Crippen molar-refractivity contribution < 1.29 is 18.4 Å². The largest absolute Gasteiger partial charge is 0.463 e. The second-order valence-corrected chi connectivity index (χ2v) is 9.35. The number of furan rings is 1. The van der Waals surface area contributed by atoms with Crippen LogP contribution in [0.2, 0.25) is 0 Å². The number of amides is 2.